The zero-order chi connectivity index (χ0) is 17.2. The molecule has 1 spiro atoms. The summed E-state index contributed by atoms with van der Waals surface area (Å²) in [7, 11) is 1.51. The maximum Gasteiger partial charge on any atom is 0.335 e. The summed E-state index contributed by atoms with van der Waals surface area (Å²) in [4.78, 5) is 15.4. The van der Waals surface area contributed by atoms with Gasteiger partial charge in [0.15, 0.2) is 0 Å². The number of carbonyl (C=O) groups is 1. The van der Waals surface area contributed by atoms with Gasteiger partial charge in [-0.1, -0.05) is 25.1 Å². The molecular weight excluding hydrogens is 312 g/mol. The Labute approximate surface area is 149 Å². The van der Waals surface area contributed by atoms with Gasteiger partial charge < -0.3 is 10.1 Å². The molecule has 3 atom stereocenters. The molecule has 0 aromatic heterocycles. The minimum absolute atomic E-state index is 0.0607. The smallest absolute Gasteiger partial charge is 0.335 e. The van der Waals surface area contributed by atoms with Gasteiger partial charge in [0.2, 0.25) is 0 Å². The van der Waals surface area contributed by atoms with E-state index in [1.807, 2.05) is 0 Å². The average Bonchev–Trinajstić information content (AvgIpc) is 3.21. The number of carbonyl (C=O) groups excluding carboxylic acids is 1. The lowest BCUT2D eigenvalue weighted by Crippen LogP contribution is -2.59. The molecule has 2 saturated heterocycles. The van der Waals surface area contributed by atoms with Gasteiger partial charge in [0, 0.05) is 17.4 Å². The van der Waals surface area contributed by atoms with Gasteiger partial charge in [0.05, 0.1) is 18.1 Å². The number of rotatable bonds is 2. The minimum atomic E-state index is -0.148. The lowest BCUT2D eigenvalue weighted by Gasteiger charge is -2.56. The number of hydrogen-bond donors (Lipinski definition) is 1. The van der Waals surface area contributed by atoms with Crippen molar-refractivity contribution < 1.29 is 9.53 Å². The summed E-state index contributed by atoms with van der Waals surface area (Å²) < 4.78 is 5.22. The van der Waals surface area contributed by atoms with Gasteiger partial charge in [-0.2, -0.15) is 0 Å². The first kappa shape index (κ1) is 15.4. The van der Waals surface area contributed by atoms with Gasteiger partial charge in [0.1, 0.15) is 0 Å². The molecule has 2 unspecified atom stereocenters. The standard InChI is InChI=1S/C21H26N2O2/c1-3-20-9-6-11-23-12-10-21(19(20)23)15-7-4-5-8-16(15)22-17(21)14(13-20)18(24)25-2/h4-5,7-8,19,22H,3,6,9-13H2,1-2H3/t19-,20?,21?/m0/s1. The Kier molecular flexibility index (Phi) is 3.15. The molecular formula is C21H26N2O2. The van der Waals surface area contributed by atoms with Crippen molar-refractivity contribution in [3.8, 4) is 0 Å². The van der Waals surface area contributed by atoms with Gasteiger partial charge in [-0.25, -0.2) is 4.79 Å². The lowest BCUT2D eigenvalue weighted by molar-refractivity contribution is -0.137. The summed E-state index contributed by atoms with van der Waals surface area (Å²) in [5, 5.41) is 3.65. The van der Waals surface area contributed by atoms with Crippen LogP contribution in [0.4, 0.5) is 5.69 Å². The molecule has 0 radical (unpaired) electrons. The number of esters is 1. The van der Waals surface area contributed by atoms with E-state index >= 15 is 0 Å². The van der Waals surface area contributed by atoms with Crippen LogP contribution in [-0.4, -0.2) is 37.1 Å². The predicted molar refractivity (Wildman–Crippen MR) is 97.3 cm³/mol. The van der Waals surface area contributed by atoms with Crippen LogP contribution in [0, 0.1) is 5.41 Å². The van der Waals surface area contributed by atoms with Gasteiger partial charge in [-0.3, -0.25) is 4.90 Å². The normalized spacial score (nSPS) is 35.7. The molecule has 5 rings (SSSR count). The van der Waals surface area contributed by atoms with Crippen molar-refractivity contribution in [2.75, 3.05) is 25.5 Å². The van der Waals surface area contributed by atoms with Crippen molar-refractivity contribution in [1.29, 1.82) is 0 Å². The Bertz CT molecular complexity index is 786. The van der Waals surface area contributed by atoms with Crippen molar-refractivity contribution >= 4 is 11.7 Å². The molecule has 2 fully saturated rings. The quantitative estimate of drug-likeness (QED) is 0.839. The molecule has 4 heteroatoms. The molecule has 25 heavy (non-hydrogen) atoms. The first-order valence-corrected chi connectivity index (χ1v) is 9.59. The summed E-state index contributed by atoms with van der Waals surface area (Å²) >= 11 is 0. The van der Waals surface area contributed by atoms with Crippen LogP contribution < -0.4 is 5.32 Å². The van der Waals surface area contributed by atoms with E-state index in [0.717, 1.165) is 37.1 Å². The van der Waals surface area contributed by atoms with Crippen LogP contribution in [0.2, 0.25) is 0 Å². The highest BCUT2D eigenvalue weighted by Crippen LogP contribution is 2.65. The zero-order valence-corrected chi connectivity index (χ0v) is 15.1. The second-order valence-corrected chi connectivity index (χ2v) is 8.17. The van der Waals surface area contributed by atoms with E-state index in [9.17, 15) is 4.79 Å². The predicted octanol–water partition coefficient (Wildman–Crippen LogP) is 3.45. The summed E-state index contributed by atoms with van der Waals surface area (Å²) in [5.41, 5.74) is 4.71. The van der Waals surface area contributed by atoms with E-state index in [2.05, 4.69) is 41.4 Å². The number of piperidine rings is 1. The largest absolute Gasteiger partial charge is 0.466 e. The third-order valence-electron chi connectivity index (χ3n) is 7.41. The highest BCUT2D eigenvalue weighted by atomic mass is 16.5. The van der Waals surface area contributed by atoms with E-state index in [4.69, 9.17) is 4.74 Å². The van der Waals surface area contributed by atoms with Crippen molar-refractivity contribution in [2.45, 2.75) is 50.5 Å². The van der Waals surface area contributed by atoms with Gasteiger partial charge >= 0.3 is 5.97 Å². The fourth-order valence-electron chi connectivity index (χ4n) is 6.49. The van der Waals surface area contributed by atoms with Crippen molar-refractivity contribution in [3.63, 3.8) is 0 Å². The fourth-order valence-corrected chi connectivity index (χ4v) is 6.49. The molecule has 4 aliphatic rings. The summed E-state index contributed by atoms with van der Waals surface area (Å²) in [6.45, 7) is 4.63. The van der Waals surface area contributed by atoms with E-state index in [1.165, 1.54) is 37.7 Å². The third-order valence-corrected chi connectivity index (χ3v) is 7.41. The first-order chi connectivity index (χ1) is 12.2. The van der Waals surface area contributed by atoms with Gasteiger partial charge in [-0.15, -0.1) is 0 Å². The number of nitrogens with zero attached hydrogens (tertiary/aromatic N) is 1. The molecule has 1 aromatic rings. The Morgan fingerprint density at radius 1 is 1.32 bits per heavy atom. The van der Waals surface area contributed by atoms with E-state index in [1.54, 1.807) is 0 Å². The molecule has 0 amide bonds. The number of ether oxygens (including phenoxy) is 1. The summed E-state index contributed by atoms with van der Waals surface area (Å²) in [5.74, 6) is -0.148. The van der Waals surface area contributed by atoms with E-state index in [0.29, 0.717) is 6.04 Å². The van der Waals surface area contributed by atoms with Crippen molar-refractivity contribution in [1.82, 2.24) is 4.90 Å². The summed E-state index contributed by atoms with van der Waals surface area (Å²) in [6.07, 6.45) is 5.50. The van der Waals surface area contributed by atoms with Crippen molar-refractivity contribution in [3.05, 3.63) is 41.1 Å². The number of methoxy groups -OCH3 is 1. The highest BCUT2D eigenvalue weighted by Gasteiger charge is 2.65. The number of fused-ring (bicyclic) bond motifs is 1. The zero-order valence-electron chi connectivity index (χ0n) is 15.1. The first-order valence-electron chi connectivity index (χ1n) is 9.59. The topological polar surface area (TPSA) is 41.6 Å². The van der Waals surface area contributed by atoms with Gasteiger partial charge in [-0.05, 0) is 62.2 Å². The monoisotopic (exact) mass is 338 g/mol. The van der Waals surface area contributed by atoms with Crippen LogP contribution in [0.5, 0.6) is 0 Å². The molecule has 0 bridgehead atoms. The number of para-hydroxylation sites is 1. The fraction of sp³-hybridized carbons (Fsp3) is 0.571. The van der Waals surface area contributed by atoms with Gasteiger partial charge in [0.25, 0.3) is 0 Å². The number of nitrogens with one attached hydrogen (secondary N) is 1. The van der Waals surface area contributed by atoms with Crippen LogP contribution in [0.3, 0.4) is 0 Å². The summed E-state index contributed by atoms with van der Waals surface area (Å²) in [6, 6.07) is 9.15. The van der Waals surface area contributed by atoms with E-state index in [-0.39, 0.29) is 16.8 Å². The Hall–Kier alpha value is -1.81. The molecule has 132 valence electrons. The molecule has 0 saturated carbocycles. The van der Waals surface area contributed by atoms with Crippen LogP contribution >= 0.6 is 0 Å². The van der Waals surface area contributed by atoms with Crippen LogP contribution in [0.15, 0.2) is 35.5 Å². The van der Waals surface area contributed by atoms with Crippen LogP contribution in [0.1, 0.15) is 44.6 Å². The Morgan fingerprint density at radius 3 is 2.96 bits per heavy atom. The number of anilines is 1. The molecule has 4 nitrogen and oxygen atoms in total. The number of hydrogen-bond acceptors (Lipinski definition) is 4. The van der Waals surface area contributed by atoms with Crippen molar-refractivity contribution in [2.24, 2.45) is 5.41 Å². The second-order valence-electron chi connectivity index (χ2n) is 8.17. The maximum absolute atomic E-state index is 12.7. The van der Waals surface area contributed by atoms with E-state index < -0.39 is 0 Å². The molecule has 3 heterocycles. The average molecular weight is 338 g/mol. The number of benzene rings is 1. The molecule has 1 N–H and O–H groups in total. The molecule has 1 aliphatic carbocycles. The minimum Gasteiger partial charge on any atom is -0.466 e. The highest BCUT2D eigenvalue weighted by molar-refractivity contribution is 5.93. The SMILES string of the molecule is CCC12CCCN3CCC4(C(=C(C(=O)OC)C1)Nc1ccccc14)[C@@H]32. The second kappa shape index (κ2) is 5.10. The third kappa shape index (κ3) is 1.74. The molecule has 3 aliphatic heterocycles. The lowest BCUT2D eigenvalue weighted by atomic mass is 9.53. The Morgan fingerprint density at radius 2 is 2.16 bits per heavy atom. The molecule has 1 aromatic carbocycles. The maximum atomic E-state index is 12.7. The van der Waals surface area contributed by atoms with Crippen LogP contribution in [-0.2, 0) is 14.9 Å². The van der Waals surface area contributed by atoms with Crippen LogP contribution in [0.25, 0.3) is 0 Å². The Balaban J connectivity index is 1.81.